The molecule has 0 aromatic heterocycles. The van der Waals surface area contributed by atoms with Crippen LogP contribution in [0, 0.1) is 22.2 Å². The molecule has 0 atom stereocenters. The predicted molar refractivity (Wildman–Crippen MR) is 87.0 cm³/mol. The zero-order chi connectivity index (χ0) is 15.2. The average Bonchev–Trinajstić information content (AvgIpc) is 2.81. The van der Waals surface area contributed by atoms with Crippen molar-refractivity contribution in [3.63, 3.8) is 0 Å². The number of nitrogens with two attached hydrogens (primary N) is 1. The Labute approximate surface area is 126 Å². The van der Waals surface area contributed by atoms with Crippen molar-refractivity contribution < 1.29 is 4.59 Å². The fourth-order valence-corrected chi connectivity index (χ4v) is 4.92. The molecule has 1 aliphatic heterocycles. The Bertz CT molecular complexity index is 333. The van der Waals surface area contributed by atoms with Gasteiger partial charge in [0.2, 0.25) is 0 Å². The molecule has 2 rings (SSSR count). The van der Waals surface area contributed by atoms with Gasteiger partial charge in [-0.15, -0.1) is 0 Å². The molecule has 1 aliphatic carbocycles. The molecular weight excluding hydrogens is 244 g/mol. The summed E-state index contributed by atoms with van der Waals surface area (Å²) in [5.74, 6) is 7.32. The van der Waals surface area contributed by atoms with Crippen LogP contribution in [0.25, 0.3) is 0 Å². The molecule has 1 saturated carbocycles. The first-order chi connectivity index (χ1) is 9.02. The summed E-state index contributed by atoms with van der Waals surface area (Å²) < 4.78 is 0.731. The van der Waals surface area contributed by atoms with Crippen molar-refractivity contribution >= 4 is 0 Å². The highest BCUT2D eigenvalue weighted by Gasteiger charge is 2.57. The van der Waals surface area contributed by atoms with E-state index in [2.05, 4.69) is 41.7 Å². The lowest BCUT2D eigenvalue weighted by molar-refractivity contribution is -0.929. The molecule has 0 amide bonds. The fourth-order valence-electron chi connectivity index (χ4n) is 4.92. The molecule has 0 radical (unpaired) electrons. The maximum absolute atomic E-state index is 6.39. The number of hydrogen-bond acceptors (Lipinski definition) is 1. The van der Waals surface area contributed by atoms with E-state index in [9.17, 15) is 0 Å². The van der Waals surface area contributed by atoms with Gasteiger partial charge in [0.15, 0.2) is 0 Å². The molecule has 0 aromatic carbocycles. The van der Waals surface area contributed by atoms with Crippen LogP contribution in [0.2, 0.25) is 0 Å². The lowest BCUT2D eigenvalue weighted by atomic mass is 9.47. The Hall–Kier alpha value is -0.0800. The van der Waals surface area contributed by atoms with Crippen LogP contribution in [0.1, 0.15) is 73.1 Å². The van der Waals surface area contributed by atoms with Crippen LogP contribution in [0.3, 0.4) is 0 Å². The smallest absolute Gasteiger partial charge is 0.0963 e. The monoisotopic (exact) mass is 281 g/mol. The van der Waals surface area contributed by atoms with E-state index in [1.165, 1.54) is 38.5 Å². The maximum Gasteiger partial charge on any atom is 0.0963 e. The van der Waals surface area contributed by atoms with Crippen molar-refractivity contribution in [1.29, 1.82) is 0 Å². The van der Waals surface area contributed by atoms with Crippen molar-refractivity contribution in [1.82, 2.24) is 0 Å². The van der Waals surface area contributed by atoms with E-state index in [1.54, 1.807) is 0 Å². The van der Waals surface area contributed by atoms with E-state index in [0.29, 0.717) is 16.2 Å². The second kappa shape index (κ2) is 4.98. The van der Waals surface area contributed by atoms with Gasteiger partial charge in [0, 0.05) is 12.8 Å². The Morgan fingerprint density at radius 1 is 0.950 bits per heavy atom. The number of hydrogen-bond donors (Lipinski definition) is 1. The normalized spacial score (nSPS) is 37.4. The van der Waals surface area contributed by atoms with Gasteiger partial charge in [-0.2, -0.15) is 5.84 Å². The number of quaternary nitrogens is 1. The molecule has 0 spiro atoms. The van der Waals surface area contributed by atoms with E-state index < -0.39 is 0 Å². The third-order valence-corrected chi connectivity index (χ3v) is 7.39. The lowest BCUT2D eigenvalue weighted by Gasteiger charge is -2.60. The predicted octanol–water partition coefficient (Wildman–Crippen LogP) is 4.35. The minimum Gasteiger partial charge on any atom is -0.251 e. The summed E-state index contributed by atoms with van der Waals surface area (Å²) in [6, 6.07) is 0. The summed E-state index contributed by atoms with van der Waals surface area (Å²) in [7, 11) is 2.20. The fraction of sp³-hybridized carbons (Fsp3) is 1.00. The standard InChI is InChI=1S/C18H37N2/c1-16(2,3)17(4,5)18(15-9-7-8-10-15)11-13-20(6,19)14-12-18/h15H,7-14,19H2,1-6H3/q+1. The minimum atomic E-state index is 0.352. The van der Waals surface area contributed by atoms with E-state index >= 15 is 0 Å². The number of nitrogens with zero attached hydrogens (tertiary/aromatic N) is 1. The molecule has 2 heteroatoms. The van der Waals surface area contributed by atoms with Crippen molar-refractivity contribution in [2.75, 3.05) is 20.1 Å². The average molecular weight is 282 g/mol. The van der Waals surface area contributed by atoms with E-state index in [1.807, 2.05) is 0 Å². The van der Waals surface area contributed by atoms with Gasteiger partial charge in [0.05, 0.1) is 20.1 Å². The van der Waals surface area contributed by atoms with E-state index in [-0.39, 0.29) is 0 Å². The molecule has 0 aromatic rings. The zero-order valence-corrected chi connectivity index (χ0v) is 14.8. The van der Waals surface area contributed by atoms with Gasteiger partial charge in [-0.05, 0) is 35.0 Å². The highest BCUT2D eigenvalue weighted by atomic mass is 15.6. The largest absolute Gasteiger partial charge is 0.251 e. The first-order valence-electron chi connectivity index (χ1n) is 8.65. The third-order valence-electron chi connectivity index (χ3n) is 7.39. The molecular formula is C18H37N2+. The quantitative estimate of drug-likeness (QED) is 0.591. The summed E-state index contributed by atoms with van der Waals surface area (Å²) in [6.07, 6.45) is 8.42. The molecule has 1 saturated heterocycles. The highest BCUT2D eigenvalue weighted by Crippen LogP contribution is 2.62. The van der Waals surface area contributed by atoms with Crippen LogP contribution < -0.4 is 5.84 Å². The van der Waals surface area contributed by atoms with E-state index in [0.717, 1.165) is 23.6 Å². The van der Waals surface area contributed by atoms with Gasteiger partial charge in [-0.1, -0.05) is 47.5 Å². The molecule has 2 N–H and O–H groups in total. The number of piperidine rings is 1. The molecule has 2 nitrogen and oxygen atoms in total. The molecule has 0 unspecified atom stereocenters. The van der Waals surface area contributed by atoms with Crippen LogP contribution >= 0.6 is 0 Å². The number of rotatable bonds is 2. The lowest BCUT2D eigenvalue weighted by Crippen LogP contribution is -2.62. The van der Waals surface area contributed by atoms with Crippen molar-refractivity contribution in [3.8, 4) is 0 Å². The second-order valence-electron chi connectivity index (χ2n) is 9.44. The first kappa shape index (κ1) is 16.3. The molecule has 0 bridgehead atoms. The third kappa shape index (κ3) is 2.54. The van der Waals surface area contributed by atoms with Crippen LogP contribution in [-0.4, -0.2) is 24.7 Å². The Balaban J connectivity index is 2.35. The Morgan fingerprint density at radius 2 is 1.40 bits per heavy atom. The van der Waals surface area contributed by atoms with Crippen molar-refractivity contribution in [3.05, 3.63) is 0 Å². The van der Waals surface area contributed by atoms with Crippen LogP contribution in [0.5, 0.6) is 0 Å². The SMILES string of the molecule is CC(C)(C)C(C)(C)C1(C2CCCC2)CC[N+](C)(N)CC1. The Morgan fingerprint density at radius 3 is 1.80 bits per heavy atom. The summed E-state index contributed by atoms with van der Waals surface area (Å²) in [6.45, 7) is 14.7. The maximum atomic E-state index is 6.39. The molecule has 2 fully saturated rings. The summed E-state index contributed by atoms with van der Waals surface area (Å²) in [5.41, 5.74) is 1.22. The topological polar surface area (TPSA) is 26.0 Å². The molecule has 2 aliphatic rings. The zero-order valence-electron chi connectivity index (χ0n) is 14.8. The van der Waals surface area contributed by atoms with Crippen LogP contribution in [0.15, 0.2) is 0 Å². The van der Waals surface area contributed by atoms with Gasteiger partial charge in [0.25, 0.3) is 0 Å². The molecule has 20 heavy (non-hydrogen) atoms. The second-order valence-corrected chi connectivity index (χ2v) is 9.44. The summed E-state index contributed by atoms with van der Waals surface area (Å²) >= 11 is 0. The molecule has 118 valence electrons. The minimum absolute atomic E-state index is 0.352. The van der Waals surface area contributed by atoms with Gasteiger partial charge in [0.1, 0.15) is 0 Å². The Kier molecular flexibility index (Phi) is 4.06. The van der Waals surface area contributed by atoms with Gasteiger partial charge < -0.3 is 0 Å². The number of likely N-dealkylation sites (tertiary alicyclic amines) is 1. The highest BCUT2D eigenvalue weighted by molar-refractivity contribution is 5.04. The molecule has 1 heterocycles. The van der Waals surface area contributed by atoms with Crippen LogP contribution in [-0.2, 0) is 0 Å². The van der Waals surface area contributed by atoms with E-state index in [4.69, 9.17) is 5.84 Å². The van der Waals surface area contributed by atoms with Crippen LogP contribution in [0.4, 0.5) is 0 Å². The van der Waals surface area contributed by atoms with Gasteiger partial charge in [-0.25, -0.2) is 0 Å². The summed E-state index contributed by atoms with van der Waals surface area (Å²) in [5, 5.41) is 0. The summed E-state index contributed by atoms with van der Waals surface area (Å²) in [4.78, 5) is 0. The van der Waals surface area contributed by atoms with Crippen molar-refractivity contribution in [2.24, 2.45) is 28.0 Å². The van der Waals surface area contributed by atoms with Gasteiger partial charge in [-0.3, -0.25) is 4.59 Å². The first-order valence-corrected chi connectivity index (χ1v) is 8.65. The van der Waals surface area contributed by atoms with Crippen molar-refractivity contribution in [2.45, 2.75) is 73.1 Å². The van der Waals surface area contributed by atoms with Gasteiger partial charge >= 0.3 is 0 Å².